The minimum absolute atomic E-state index is 0.0358. The average molecular weight is 386 g/mol. The number of benzene rings is 3. The van der Waals surface area contributed by atoms with E-state index in [-0.39, 0.29) is 29.1 Å². The summed E-state index contributed by atoms with van der Waals surface area (Å²) in [6.45, 7) is 0. The molecule has 5 rings (SSSR count). The van der Waals surface area contributed by atoms with Crippen LogP contribution in [-0.2, 0) is 6.42 Å². The fourth-order valence-corrected chi connectivity index (χ4v) is 4.93. The number of nitro groups is 1. The summed E-state index contributed by atoms with van der Waals surface area (Å²) in [6, 6.07) is 20.0. The lowest BCUT2D eigenvalue weighted by atomic mass is 9.75. The predicted molar refractivity (Wildman–Crippen MR) is 108 cm³/mol. The number of hydrogen-bond donors (Lipinski definition) is 2. The van der Waals surface area contributed by atoms with E-state index in [1.165, 1.54) is 17.2 Å². The van der Waals surface area contributed by atoms with Gasteiger partial charge in [-0.1, -0.05) is 48.5 Å². The van der Waals surface area contributed by atoms with E-state index in [4.69, 9.17) is 0 Å². The monoisotopic (exact) mass is 386 g/mol. The smallest absolute Gasteiger partial charge is 0.337 e. The van der Waals surface area contributed by atoms with Gasteiger partial charge in [0.1, 0.15) is 0 Å². The number of anilines is 1. The van der Waals surface area contributed by atoms with Crippen molar-refractivity contribution in [2.75, 3.05) is 5.32 Å². The van der Waals surface area contributed by atoms with Crippen molar-refractivity contribution < 1.29 is 14.8 Å². The fraction of sp³-hybridized carbons (Fsp3) is 0.174. The summed E-state index contributed by atoms with van der Waals surface area (Å²) >= 11 is 0. The summed E-state index contributed by atoms with van der Waals surface area (Å²) in [5, 5.41) is 24.4. The third kappa shape index (κ3) is 2.68. The van der Waals surface area contributed by atoms with E-state index in [2.05, 4.69) is 17.4 Å². The molecule has 6 nitrogen and oxygen atoms in total. The first kappa shape index (κ1) is 17.4. The van der Waals surface area contributed by atoms with Crippen LogP contribution in [0.2, 0.25) is 0 Å². The zero-order valence-electron chi connectivity index (χ0n) is 15.4. The highest BCUT2D eigenvalue weighted by Crippen LogP contribution is 2.54. The van der Waals surface area contributed by atoms with Crippen LogP contribution >= 0.6 is 0 Å². The van der Waals surface area contributed by atoms with Crippen LogP contribution < -0.4 is 5.32 Å². The second-order valence-electron chi connectivity index (χ2n) is 7.59. The zero-order valence-corrected chi connectivity index (χ0v) is 15.4. The van der Waals surface area contributed by atoms with Gasteiger partial charge in [-0.05, 0) is 40.7 Å². The Labute approximate surface area is 167 Å². The van der Waals surface area contributed by atoms with E-state index in [1.54, 1.807) is 24.3 Å². The first-order chi connectivity index (χ1) is 14.0. The van der Waals surface area contributed by atoms with Crippen LogP contribution in [-0.4, -0.2) is 16.0 Å². The lowest BCUT2D eigenvalue weighted by molar-refractivity contribution is -0.384. The van der Waals surface area contributed by atoms with Crippen LogP contribution in [0.3, 0.4) is 0 Å². The van der Waals surface area contributed by atoms with Crippen molar-refractivity contribution in [2.24, 2.45) is 5.92 Å². The molecule has 3 atom stereocenters. The molecule has 2 aliphatic rings. The third-order valence-electron chi connectivity index (χ3n) is 6.10. The van der Waals surface area contributed by atoms with Crippen LogP contribution in [0, 0.1) is 16.0 Å². The van der Waals surface area contributed by atoms with E-state index in [0.29, 0.717) is 5.69 Å². The second kappa shape index (κ2) is 6.44. The number of nitrogens with zero attached hydrogens (tertiary/aromatic N) is 1. The molecule has 29 heavy (non-hydrogen) atoms. The van der Waals surface area contributed by atoms with Gasteiger partial charge in [0.15, 0.2) is 0 Å². The van der Waals surface area contributed by atoms with Crippen molar-refractivity contribution in [3.05, 3.63) is 105 Å². The predicted octanol–water partition coefficient (Wildman–Crippen LogP) is 4.76. The van der Waals surface area contributed by atoms with Crippen LogP contribution in [0.1, 0.15) is 44.6 Å². The SMILES string of the molecule is O=C(O)c1cccc2c1N[C@H](c1cccc([N+](=O)[O-])c1)[C@@H]1Cc3ccccc3[C@@H]21. The standard InChI is InChI=1S/C23H18N2O4/c26-23(27)18-10-4-9-17-20-16-8-2-1-5-13(16)12-19(20)21(24-22(17)18)14-6-3-7-15(11-14)25(28)29/h1-11,19-21,24H,12H2,(H,26,27)/t19-,20+,21-/m1/s1. The van der Waals surface area contributed by atoms with Crippen molar-refractivity contribution in [3.8, 4) is 0 Å². The highest BCUT2D eigenvalue weighted by atomic mass is 16.6. The maximum absolute atomic E-state index is 11.9. The van der Waals surface area contributed by atoms with Gasteiger partial charge in [-0.2, -0.15) is 0 Å². The van der Waals surface area contributed by atoms with E-state index in [9.17, 15) is 20.0 Å². The van der Waals surface area contributed by atoms with Gasteiger partial charge in [-0.15, -0.1) is 0 Å². The number of carboxylic acids is 1. The van der Waals surface area contributed by atoms with Gasteiger partial charge in [0.05, 0.1) is 22.2 Å². The quantitative estimate of drug-likeness (QED) is 0.500. The first-order valence-electron chi connectivity index (χ1n) is 9.49. The van der Waals surface area contributed by atoms with Gasteiger partial charge in [0.25, 0.3) is 5.69 Å². The number of nitro benzene ring substituents is 1. The lowest BCUT2D eigenvalue weighted by Crippen LogP contribution is -2.31. The van der Waals surface area contributed by atoms with Gasteiger partial charge in [-0.3, -0.25) is 10.1 Å². The summed E-state index contributed by atoms with van der Waals surface area (Å²) in [4.78, 5) is 22.8. The van der Waals surface area contributed by atoms with Gasteiger partial charge < -0.3 is 10.4 Å². The Morgan fingerprint density at radius 3 is 2.59 bits per heavy atom. The van der Waals surface area contributed by atoms with Gasteiger partial charge in [0.2, 0.25) is 0 Å². The highest BCUT2D eigenvalue weighted by Gasteiger charge is 2.44. The number of carboxylic acid groups (broad SMARTS) is 1. The van der Waals surface area contributed by atoms with Crippen molar-refractivity contribution in [1.29, 1.82) is 0 Å². The minimum Gasteiger partial charge on any atom is -0.478 e. The molecule has 0 unspecified atom stereocenters. The minimum atomic E-state index is -0.989. The van der Waals surface area contributed by atoms with E-state index in [0.717, 1.165) is 17.5 Å². The molecule has 0 spiro atoms. The molecule has 0 bridgehead atoms. The van der Waals surface area contributed by atoms with Crippen molar-refractivity contribution in [1.82, 2.24) is 0 Å². The number of nitrogens with one attached hydrogen (secondary N) is 1. The summed E-state index contributed by atoms with van der Waals surface area (Å²) in [6.07, 6.45) is 0.831. The molecular weight excluding hydrogens is 368 g/mol. The molecule has 1 aliphatic carbocycles. The van der Waals surface area contributed by atoms with Crippen LogP contribution in [0.25, 0.3) is 0 Å². The molecule has 0 saturated carbocycles. The Hall–Kier alpha value is -3.67. The van der Waals surface area contributed by atoms with E-state index >= 15 is 0 Å². The topological polar surface area (TPSA) is 92.5 Å². The first-order valence-corrected chi connectivity index (χ1v) is 9.49. The second-order valence-corrected chi connectivity index (χ2v) is 7.59. The number of hydrogen-bond acceptors (Lipinski definition) is 4. The molecule has 0 saturated heterocycles. The Bertz CT molecular complexity index is 1160. The van der Waals surface area contributed by atoms with Crippen molar-refractivity contribution >= 4 is 17.3 Å². The maximum Gasteiger partial charge on any atom is 0.337 e. The fourth-order valence-electron chi connectivity index (χ4n) is 4.93. The van der Waals surface area contributed by atoms with Crippen LogP contribution in [0.4, 0.5) is 11.4 Å². The highest BCUT2D eigenvalue weighted by molar-refractivity contribution is 5.96. The number of fused-ring (bicyclic) bond motifs is 5. The molecule has 3 aromatic carbocycles. The Kier molecular flexibility index (Phi) is 3.87. The average Bonchev–Trinajstić information content (AvgIpc) is 3.12. The molecule has 0 amide bonds. The molecule has 1 heterocycles. The van der Waals surface area contributed by atoms with Gasteiger partial charge in [0, 0.05) is 18.1 Å². The summed E-state index contributed by atoms with van der Waals surface area (Å²) in [5.41, 5.74) is 5.09. The molecule has 1 aliphatic heterocycles. The van der Waals surface area contributed by atoms with Crippen LogP contribution in [0.5, 0.6) is 0 Å². The number of rotatable bonds is 3. The van der Waals surface area contributed by atoms with E-state index < -0.39 is 10.9 Å². The summed E-state index contributed by atoms with van der Waals surface area (Å²) in [7, 11) is 0. The van der Waals surface area contributed by atoms with Crippen molar-refractivity contribution in [3.63, 3.8) is 0 Å². The third-order valence-corrected chi connectivity index (χ3v) is 6.10. The molecule has 6 heteroatoms. The van der Waals surface area contributed by atoms with Gasteiger partial charge >= 0.3 is 5.97 Å². The largest absolute Gasteiger partial charge is 0.478 e. The zero-order chi connectivity index (χ0) is 20.1. The number of non-ortho nitro benzene ring substituents is 1. The maximum atomic E-state index is 11.9. The molecule has 0 radical (unpaired) electrons. The number of para-hydroxylation sites is 1. The lowest BCUT2D eigenvalue weighted by Gasteiger charge is -2.38. The number of aromatic carboxylic acids is 1. The van der Waals surface area contributed by atoms with Gasteiger partial charge in [-0.25, -0.2) is 4.79 Å². The van der Waals surface area contributed by atoms with Crippen LogP contribution in [0.15, 0.2) is 66.7 Å². The molecule has 0 fully saturated rings. The normalized spacial score (nSPS) is 21.4. The molecule has 2 N–H and O–H groups in total. The summed E-state index contributed by atoms with van der Waals surface area (Å²) in [5.74, 6) is -0.797. The summed E-state index contributed by atoms with van der Waals surface area (Å²) < 4.78 is 0. The molecular formula is C23H18N2O4. The Morgan fingerprint density at radius 1 is 1.03 bits per heavy atom. The number of carbonyl (C=O) groups is 1. The molecule has 144 valence electrons. The Balaban J connectivity index is 1.71. The Morgan fingerprint density at radius 2 is 1.79 bits per heavy atom. The molecule has 3 aromatic rings. The van der Waals surface area contributed by atoms with Crippen molar-refractivity contribution in [2.45, 2.75) is 18.4 Å². The van der Waals surface area contributed by atoms with E-state index in [1.807, 2.05) is 24.3 Å². The molecule has 0 aromatic heterocycles.